The standard InChI is InChI=1S/C14H17F2N3O/c1-9(2)7-19-13(17-8-18-19)6-12(20)14-10(15)4-3-5-11(14)16/h3-5,8-9,12,20H,6-7H2,1-2H3. The third kappa shape index (κ3) is 3.19. The topological polar surface area (TPSA) is 50.9 Å². The molecule has 0 aliphatic carbocycles. The van der Waals surface area contributed by atoms with E-state index in [2.05, 4.69) is 10.1 Å². The lowest BCUT2D eigenvalue weighted by Crippen LogP contribution is -2.14. The highest BCUT2D eigenvalue weighted by Crippen LogP contribution is 2.23. The molecule has 0 fully saturated rings. The maximum atomic E-state index is 13.6. The Morgan fingerprint density at radius 3 is 2.50 bits per heavy atom. The molecule has 0 saturated carbocycles. The largest absolute Gasteiger partial charge is 0.388 e. The van der Waals surface area contributed by atoms with E-state index in [0.717, 1.165) is 12.1 Å². The Bertz CT molecular complexity index is 563. The van der Waals surface area contributed by atoms with Crippen LogP contribution in [-0.2, 0) is 13.0 Å². The van der Waals surface area contributed by atoms with Crippen molar-refractivity contribution in [3.8, 4) is 0 Å². The fraction of sp³-hybridized carbons (Fsp3) is 0.429. The van der Waals surface area contributed by atoms with Crippen molar-refractivity contribution in [1.29, 1.82) is 0 Å². The van der Waals surface area contributed by atoms with E-state index in [0.29, 0.717) is 18.3 Å². The van der Waals surface area contributed by atoms with E-state index >= 15 is 0 Å². The fourth-order valence-corrected chi connectivity index (χ4v) is 2.05. The number of hydrogen-bond donors (Lipinski definition) is 1. The molecule has 1 N–H and O–H groups in total. The lowest BCUT2D eigenvalue weighted by atomic mass is 10.0. The zero-order chi connectivity index (χ0) is 14.7. The maximum absolute atomic E-state index is 13.6. The van der Waals surface area contributed by atoms with Crippen molar-refractivity contribution < 1.29 is 13.9 Å². The van der Waals surface area contributed by atoms with Crippen molar-refractivity contribution >= 4 is 0 Å². The van der Waals surface area contributed by atoms with Crippen LogP contribution in [0.1, 0.15) is 31.3 Å². The van der Waals surface area contributed by atoms with Crippen LogP contribution >= 0.6 is 0 Å². The quantitative estimate of drug-likeness (QED) is 0.916. The summed E-state index contributed by atoms with van der Waals surface area (Å²) in [5.41, 5.74) is -0.327. The van der Waals surface area contributed by atoms with Gasteiger partial charge in [-0.25, -0.2) is 18.4 Å². The first-order chi connectivity index (χ1) is 9.49. The lowest BCUT2D eigenvalue weighted by molar-refractivity contribution is 0.163. The predicted molar refractivity (Wildman–Crippen MR) is 69.9 cm³/mol. The third-order valence-corrected chi connectivity index (χ3v) is 2.94. The zero-order valence-corrected chi connectivity index (χ0v) is 11.4. The minimum atomic E-state index is -1.29. The third-order valence-electron chi connectivity index (χ3n) is 2.94. The molecular formula is C14H17F2N3O. The summed E-state index contributed by atoms with van der Waals surface area (Å²) in [4.78, 5) is 4.04. The van der Waals surface area contributed by atoms with Crippen LogP contribution in [0.25, 0.3) is 0 Å². The number of hydrogen-bond acceptors (Lipinski definition) is 3. The molecule has 0 spiro atoms. The van der Waals surface area contributed by atoms with Crippen molar-refractivity contribution in [3.05, 3.63) is 47.5 Å². The van der Waals surface area contributed by atoms with Gasteiger partial charge in [-0.2, -0.15) is 5.10 Å². The average molecular weight is 281 g/mol. The van der Waals surface area contributed by atoms with Crippen molar-refractivity contribution in [1.82, 2.24) is 14.8 Å². The van der Waals surface area contributed by atoms with Crippen LogP contribution in [0.5, 0.6) is 0 Å². The van der Waals surface area contributed by atoms with Gasteiger partial charge in [-0.05, 0) is 18.1 Å². The second-order valence-corrected chi connectivity index (χ2v) is 5.11. The number of aliphatic hydroxyl groups is 1. The first kappa shape index (κ1) is 14.6. The summed E-state index contributed by atoms with van der Waals surface area (Å²) in [5.74, 6) is -0.647. The van der Waals surface area contributed by atoms with E-state index in [4.69, 9.17) is 0 Å². The highest BCUT2D eigenvalue weighted by Gasteiger charge is 2.20. The van der Waals surface area contributed by atoms with Gasteiger partial charge < -0.3 is 5.11 Å². The zero-order valence-electron chi connectivity index (χ0n) is 11.4. The van der Waals surface area contributed by atoms with Gasteiger partial charge in [0, 0.05) is 13.0 Å². The van der Waals surface area contributed by atoms with Gasteiger partial charge in [0.25, 0.3) is 0 Å². The van der Waals surface area contributed by atoms with Crippen molar-refractivity contribution in [2.24, 2.45) is 5.92 Å². The Morgan fingerprint density at radius 2 is 1.90 bits per heavy atom. The highest BCUT2D eigenvalue weighted by molar-refractivity contribution is 5.22. The Hall–Kier alpha value is -1.82. The molecule has 1 atom stereocenters. The lowest BCUT2D eigenvalue weighted by Gasteiger charge is -2.14. The molecule has 108 valence electrons. The molecular weight excluding hydrogens is 264 g/mol. The Kier molecular flexibility index (Phi) is 4.44. The monoisotopic (exact) mass is 281 g/mol. The van der Waals surface area contributed by atoms with Crippen LogP contribution in [0, 0.1) is 17.6 Å². The minimum Gasteiger partial charge on any atom is -0.388 e. The molecule has 1 heterocycles. The molecule has 2 rings (SSSR count). The number of nitrogens with zero attached hydrogens (tertiary/aromatic N) is 3. The van der Waals surface area contributed by atoms with Crippen LogP contribution in [0.4, 0.5) is 8.78 Å². The van der Waals surface area contributed by atoms with E-state index in [1.165, 1.54) is 12.4 Å². The second-order valence-electron chi connectivity index (χ2n) is 5.11. The van der Waals surface area contributed by atoms with Crippen LogP contribution in [0.15, 0.2) is 24.5 Å². The van der Waals surface area contributed by atoms with Crippen LogP contribution in [0.3, 0.4) is 0 Å². The van der Waals surface area contributed by atoms with E-state index in [1.807, 2.05) is 13.8 Å². The molecule has 0 amide bonds. The van der Waals surface area contributed by atoms with Crippen molar-refractivity contribution in [2.75, 3.05) is 0 Å². The normalized spacial score (nSPS) is 12.9. The fourth-order valence-electron chi connectivity index (χ4n) is 2.05. The maximum Gasteiger partial charge on any atom is 0.138 e. The molecule has 0 aliphatic rings. The summed E-state index contributed by atoms with van der Waals surface area (Å²) in [6.45, 7) is 4.69. The minimum absolute atomic E-state index is 0.0184. The van der Waals surface area contributed by atoms with Gasteiger partial charge in [0.1, 0.15) is 23.8 Å². The van der Waals surface area contributed by atoms with Crippen LogP contribution < -0.4 is 0 Å². The summed E-state index contributed by atoms with van der Waals surface area (Å²) in [5, 5.41) is 14.1. The van der Waals surface area contributed by atoms with E-state index in [1.54, 1.807) is 4.68 Å². The molecule has 0 aliphatic heterocycles. The van der Waals surface area contributed by atoms with Gasteiger partial charge >= 0.3 is 0 Å². The van der Waals surface area contributed by atoms with Gasteiger partial charge in [0.2, 0.25) is 0 Å². The first-order valence-corrected chi connectivity index (χ1v) is 6.47. The summed E-state index contributed by atoms with van der Waals surface area (Å²) >= 11 is 0. The van der Waals surface area contributed by atoms with Gasteiger partial charge in [-0.1, -0.05) is 19.9 Å². The van der Waals surface area contributed by atoms with E-state index in [9.17, 15) is 13.9 Å². The molecule has 2 aromatic rings. The summed E-state index contributed by atoms with van der Waals surface area (Å²) in [6.07, 6.45) is 0.110. The molecule has 1 aromatic carbocycles. The Morgan fingerprint density at radius 1 is 1.25 bits per heavy atom. The molecule has 1 aromatic heterocycles. The Labute approximate surface area is 116 Å². The van der Waals surface area contributed by atoms with Gasteiger partial charge in [0.15, 0.2) is 0 Å². The molecule has 0 saturated heterocycles. The van der Waals surface area contributed by atoms with Crippen LogP contribution in [0.2, 0.25) is 0 Å². The molecule has 0 radical (unpaired) electrons. The number of benzene rings is 1. The molecule has 6 heteroatoms. The van der Waals surface area contributed by atoms with E-state index in [-0.39, 0.29) is 12.0 Å². The van der Waals surface area contributed by atoms with Crippen molar-refractivity contribution in [2.45, 2.75) is 32.9 Å². The highest BCUT2D eigenvalue weighted by atomic mass is 19.1. The molecule has 4 nitrogen and oxygen atoms in total. The van der Waals surface area contributed by atoms with Crippen LogP contribution in [-0.4, -0.2) is 19.9 Å². The van der Waals surface area contributed by atoms with Gasteiger partial charge in [-0.15, -0.1) is 0 Å². The predicted octanol–water partition coefficient (Wildman–Crippen LogP) is 2.49. The molecule has 0 bridgehead atoms. The SMILES string of the molecule is CC(C)Cn1ncnc1CC(O)c1c(F)cccc1F. The average Bonchev–Trinajstić information content (AvgIpc) is 2.75. The molecule has 20 heavy (non-hydrogen) atoms. The number of aliphatic hydroxyl groups excluding tert-OH is 1. The number of aromatic nitrogens is 3. The molecule has 1 unspecified atom stereocenters. The summed E-state index contributed by atoms with van der Waals surface area (Å²) < 4.78 is 28.8. The first-order valence-electron chi connectivity index (χ1n) is 6.47. The second kappa shape index (κ2) is 6.09. The van der Waals surface area contributed by atoms with Crippen molar-refractivity contribution in [3.63, 3.8) is 0 Å². The van der Waals surface area contributed by atoms with Gasteiger partial charge in [0.05, 0.1) is 11.7 Å². The number of rotatable bonds is 5. The summed E-state index contributed by atoms with van der Waals surface area (Å²) in [6, 6.07) is 3.52. The number of halogens is 2. The smallest absolute Gasteiger partial charge is 0.138 e. The Balaban J connectivity index is 2.20. The van der Waals surface area contributed by atoms with E-state index < -0.39 is 17.7 Å². The summed E-state index contributed by atoms with van der Waals surface area (Å²) in [7, 11) is 0. The van der Waals surface area contributed by atoms with Gasteiger partial charge in [-0.3, -0.25) is 0 Å².